The number of nitrogens with zero attached hydrogens (tertiary/aromatic N) is 3. The van der Waals surface area contributed by atoms with Crippen LogP contribution in [-0.2, 0) is 4.79 Å². The molecule has 4 heterocycles. The van der Waals surface area contributed by atoms with Crippen molar-refractivity contribution >= 4 is 40.6 Å². The summed E-state index contributed by atoms with van der Waals surface area (Å²) in [6.45, 7) is 0. The molecule has 0 aromatic carbocycles. The number of amides is 2. The molecule has 2 amide bonds. The molecule has 3 aliphatic rings. The molecular formula is C24H26N6O3S. The Labute approximate surface area is 200 Å². The Hall–Kier alpha value is -3.24. The molecule has 6 rings (SSSR count). The third-order valence-electron chi connectivity index (χ3n) is 6.59. The number of anilines is 1. The second-order valence-corrected chi connectivity index (χ2v) is 10.2. The molecule has 1 saturated heterocycles. The first-order valence-corrected chi connectivity index (χ1v) is 12.6. The SMILES string of the molecule is O=C1C/C(=C\c2cnc3c(NC4CC4)cc(-c4csc(C(=O)NC5CCCC5)c4)nn23)C(O)N1. The van der Waals surface area contributed by atoms with Crippen molar-refractivity contribution in [3.63, 3.8) is 0 Å². The highest BCUT2D eigenvalue weighted by atomic mass is 32.1. The van der Waals surface area contributed by atoms with E-state index < -0.39 is 6.23 Å². The van der Waals surface area contributed by atoms with Gasteiger partial charge in [-0.25, -0.2) is 9.50 Å². The van der Waals surface area contributed by atoms with E-state index in [0.29, 0.717) is 27.8 Å². The van der Waals surface area contributed by atoms with E-state index in [-0.39, 0.29) is 24.3 Å². The molecule has 1 atom stereocenters. The Balaban J connectivity index is 1.35. The molecule has 2 saturated carbocycles. The van der Waals surface area contributed by atoms with Crippen molar-refractivity contribution in [3.05, 3.63) is 39.9 Å². The first kappa shape index (κ1) is 21.3. The summed E-state index contributed by atoms with van der Waals surface area (Å²) in [6.07, 6.45) is 9.28. The summed E-state index contributed by atoms with van der Waals surface area (Å²) < 4.78 is 1.73. The number of hydrogen-bond acceptors (Lipinski definition) is 7. The number of nitrogens with one attached hydrogen (secondary N) is 3. The Bertz CT molecular complexity index is 1300. The fourth-order valence-corrected chi connectivity index (χ4v) is 5.40. The van der Waals surface area contributed by atoms with Crippen LogP contribution >= 0.6 is 11.3 Å². The number of fused-ring (bicyclic) bond motifs is 1. The summed E-state index contributed by atoms with van der Waals surface area (Å²) in [5.41, 5.74) is 4.41. The van der Waals surface area contributed by atoms with Crippen molar-refractivity contribution in [1.82, 2.24) is 25.2 Å². The lowest BCUT2D eigenvalue weighted by molar-refractivity contribution is -0.120. The van der Waals surface area contributed by atoms with Gasteiger partial charge in [0.05, 0.1) is 34.6 Å². The lowest BCUT2D eigenvalue weighted by Crippen LogP contribution is -2.31. The summed E-state index contributed by atoms with van der Waals surface area (Å²) in [4.78, 5) is 29.6. The lowest BCUT2D eigenvalue weighted by atomic mass is 10.2. The van der Waals surface area contributed by atoms with Crippen LogP contribution in [0.4, 0.5) is 5.69 Å². The van der Waals surface area contributed by atoms with Crippen LogP contribution in [0, 0.1) is 0 Å². The van der Waals surface area contributed by atoms with Gasteiger partial charge in [-0.3, -0.25) is 9.59 Å². The van der Waals surface area contributed by atoms with Crippen molar-refractivity contribution in [2.45, 2.75) is 63.3 Å². The van der Waals surface area contributed by atoms with Crippen LogP contribution in [-0.4, -0.2) is 49.8 Å². The molecule has 0 spiro atoms. The van der Waals surface area contributed by atoms with Crippen LogP contribution in [0.1, 0.15) is 60.3 Å². The van der Waals surface area contributed by atoms with Gasteiger partial charge in [-0.15, -0.1) is 11.3 Å². The molecule has 176 valence electrons. The zero-order valence-corrected chi connectivity index (χ0v) is 19.4. The summed E-state index contributed by atoms with van der Waals surface area (Å²) in [5, 5.41) is 26.1. The van der Waals surface area contributed by atoms with Crippen molar-refractivity contribution in [2.75, 3.05) is 5.32 Å². The molecule has 1 unspecified atom stereocenters. The van der Waals surface area contributed by atoms with E-state index in [1.165, 1.54) is 24.2 Å². The molecule has 3 fully saturated rings. The van der Waals surface area contributed by atoms with Crippen LogP contribution < -0.4 is 16.0 Å². The maximum atomic E-state index is 12.7. The lowest BCUT2D eigenvalue weighted by Gasteiger charge is -2.10. The Morgan fingerprint density at radius 3 is 2.76 bits per heavy atom. The largest absolute Gasteiger partial charge is 0.379 e. The first-order chi connectivity index (χ1) is 16.5. The van der Waals surface area contributed by atoms with Gasteiger partial charge in [0.2, 0.25) is 5.91 Å². The molecule has 10 heteroatoms. The summed E-state index contributed by atoms with van der Waals surface area (Å²) >= 11 is 1.42. The van der Waals surface area contributed by atoms with Gasteiger partial charge in [0, 0.05) is 23.0 Å². The maximum Gasteiger partial charge on any atom is 0.261 e. The van der Waals surface area contributed by atoms with Crippen molar-refractivity contribution < 1.29 is 14.7 Å². The maximum absolute atomic E-state index is 12.7. The second-order valence-electron chi connectivity index (χ2n) is 9.30. The Morgan fingerprint density at radius 2 is 2.03 bits per heavy atom. The fraction of sp³-hybridized carbons (Fsp3) is 0.417. The van der Waals surface area contributed by atoms with Gasteiger partial charge in [-0.2, -0.15) is 5.10 Å². The van der Waals surface area contributed by atoms with Crippen molar-refractivity contribution in [2.24, 2.45) is 0 Å². The molecule has 3 aromatic rings. The minimum absolute atomic E-state index is 0.0269. The third-order valence-corrected chi connectivity index (χ3v) is 7.52. The molecular weight excluding hydrogens is 452 g/mol. The highest BCUT2D eigenvalue weighted by molar-refractivity contribution is 7.12. The number of rotatable bonds is 6. The number of hydrogen-bond donors (Lipinski definition) is 4. The third kappa shape index (κ3) is 4.19. The Kier molecular flexibility index (Phi) is 5.34. The van der Waals surface area contributed by atoms with Crippen LogP contribution in [0.5, 0.6) is 0 Å². The molecule has 34 heavy (non-hydrogen) atoms. The van der Waals surface area contributed by atoms with Gasteiger partial charge in [0.25, 0.3) is 5.91 Å². The van der Waals surface area contributed by atoms with Gasteiger partial charge in [0.1, 0.15) is 6.23 Å². The predicted molar refractivity (Wildman–Crippen MR) is 129 cm³/mol. The summed E-state index contributed by atoms with van der Waals surface area (Å²) in [7, 11) is 0. The summed E-state index contributed by atoms with van der Waals surface area (Å²) in [5.74, 6) is -0.236. The van der Waals surface area contributed by atoms with Gasteiger partial charge < -0.3 is 21.1 Å². The normalized spacial score (nSPS) is 22.0. The Morgan fingerprint density at radius 1 is 1.21 bits per heavy atom. The molecule has 1 aliphatic heterocycles. The van der Waals surface area contributed by atoms with E-state index in [1.54, 1.807) is 16.8 Å². The van der Waals surface area contributed by atoms with E-state index in [1.807, 2.05) is 17.5 Å². The van der Waals surface area contributed by atoms with Crippen molar-refractivity contribution in [3.8, 4) is 11.3 Å². The molecule has 3 aromatic heterocycles. The van der Waals surface area contributed by atoms with Gasteiger partial charge in [0.15, 0.2) is 5.65 Å². The quantitative estimate of drug-likeness (QED) is 0.432. The number of imidazole rings is 1. The minimum atomic E-state index is -0.997. The van der Waals surface area contributed by atoms with Crippen LogP contribution in [0.2, 0.25) is 0 Å². The number of aliphatic hydroxyl groups excluding tert-OH is 1. The smallest absolute Gasteiger partial charge is 0.261 e. The molecule has 2 aliphatic carbocycles. The first-order valence-electron chi connectivity index (χ1n) is 11.8. The van der Waals surface area contributed by atoms with Crippen LogP contribution in [0.3, 0.4) is 0 Å². The van der Waals surface area contributed by atoms with E-state index >= 15 is 0 Å². The number of carbonyl (C=O) groups excluding carboxylic acids is 2. The van der Waals surface area contributed by atoms with Crippen LogP contribution in [0.25, 0.3) is 23.0 Å². The summed E-state index contributed by atoms with van der Waals surface area (Å²) in [6, 6.07) is 4.57. The van der Waals surface area contributed by atoms with E-state index in [9.17, 15) is 14.7 Å². The monoisotopic (exact) mass is 478 g/mol. The standard InChI is InChI=1S/C24H26N6O3S/c31-21-9-13(23(32)28-21)7-17-11-25-22-19(26-16-5-6-16)10-18(29-30(17)22)14-8-20(34-12-14)24(33)27-15-3-1-2-4-15/h7-8,10-12,15-16,23,26,32H,1-6,9H2,(H,27,33)(H,28,31)/b13-7+. The number of aliphatic hydroxyl groups is 1. The molecule has 9 nitrogen and oxygen atoms in total. The minimum Gasteiger partial charge on any atom is -0.379 e. The van der Waals surface area contributed by atoms with Crippen molar-refractivity contribution in [1.29, 1.82) is 0 Å². The number of aromatic nitrogens is 3. The fourth-order valence-electron chi connectivity index (χ4n) is 4.59. The predicted octanol–water partition coefficient (Wildman–Crippen LogP) is 2.93. The average molecular weight is 479 g/mol. The number of thiophene rings is 1. The molecule has 0 bridgehead atoms. The molecule has 4 N–H and O–H groups in total. The average Bonchev–Trinajstić information content (AvgIpc) is 3.24. The van der Waals surface area contributed by atoms with E-state index in [0.717, 1.165) is 42.6 Å². The zero-order chi connectivity index (χ0) is 23.2. The second kappa shape index (κ2) is 8.52. The number of carbonyl (C=O) groups is 2. The molecule has 0 radical (unpaired) electrons. The topological polar surface area (TPSA) is 121 Å². The van der Waals surface area contributed by atoms with Crippen LogP contribution in [0.15, 0.2) is 29.3 Å². The van der Waals surface area contributed by atoms with Gasteiger partial charge in [-0.05, 0) is 49.5 Å². The highest BCUT2D eigenvalue weighted by Crippen LogP contribution is 2.32. The van der Waals surface area contributed by atoms with Gasteiger partial charge >= 0.3 is 0 Å². The van der Waals surface area contributed by atoms with E-state index in [2.05, 4.69) is 20.9 Å². The highest BCUT2D eigenvalue weighted by Gasteiger charge is 2.26. The van der Waals surface area contributed by atoms with Gasteiger partial charge in [-0.1, -0.05) is 12.8 Å². The van der Waals surface area contributed by atoms with E-state index in [4.69, 9.17) is 5.10 Å². The zero-order valence-electron chi connectivity index (χ0n) is 18.6.